The first-order valence-electron chi connectivity index (χ1n) is 8.86. The van der Waals surface area contributed by atoms with Crippen molar-refractivity contribution in [2.45, 2.75) is 26.7 Å². The second kappa shape index (κ2) is 6.00. The predicted molar refractivity (Wildman–Crippen MR) is 104 cm³/mol. The van der Waals surface area contributed by atoms with Gasteiger partial charge in [0, 0.05) is 22.9 Å². The van der Waals surface area contributed by atoms with E-state index in [9.17, 15) is 5.26 Å². The number of fused-ring (bicyclic) bond motifs is 3. The molecule has 2 aromatic heterocycles. The van der Waals surface area contributed by atoms with Crippen LogP contribution in [-0.2, 0) is 7.05 Å². The van der Waals surface area contributed by atoms with Gasteiger partial charge in [0.25, 0.3) is 0 Å². The van der Waals surface area contributed by atoms with E-state index in [-0.39, 0.29) is 0 Å². The molecule has 0 aliphatic heterocycles. The molecule has 0 aliphatic rings. The van der Waals surface area contributed by atoms with Crippen molar-refractivity contribution in [3.05, 3.63) is 65.4 Å². The third kappa shape index (κ3) is 2.38. The van der Waals surface area contributed by atoms with Gasteiger partial charge in [-0.2, -0.15) is 5.26 Å². The zero-order chi connectivity index (χ0) is 18.4. The second-order valence-electron chi connectivity index (χ2n) is 7.14. The quantitative estimate of drug-likeness (QED) is 0.459. The fraction of sp³-hybridized carbons (Fsp3) is 0.217. The maximum Gasteiger partial charge on any atom is 0.214 e. The van der Waals surface area contributed by atoms with Crippen LogP contribution in [0.1, 0.15) is 36.5 Å². The zero-order valence-electron chi connectivity index (χ0n) is 15.5. The van der Waals surface area contributed by atoms with E-state index in [4.69, 9.17) is 4.42 Å². The lowest BCUT2D eigenvalue weighted by Crippen LogP contribution is -2.30. The minimum absolute atomic E-state index is 0.448. The summed E-state index contributed by atoms with van der Waals surface area (Å²) in [6.45, 7) is 6.43. The van der Waals surface area contributed by atoms with Crippen LogP contribution in [0.15, 0.2) is 53.1 Å². The van der Waals surface area contributed by atoms with Crippen molar-refractivity contribution in [1.29, 1.82) is 5.26 Å². The average Bonchev–Trinajstić information content (AvgIpc) is 2.98. The highest BCUT2D eigenvalue weighted by Gasteiger charge is 2.23. The van der Waals surface area contributed by atoms with Gasteiger partial charge >= 0.3 is 0 Å². The van der Waals surface area contributed by atoms with E-state index in [1.807, 2.05) is 42.1 Å². The van der Waals surface area contributed by atoms with E-state index in [2.05, 4.69) is 45.0 Å². The highest BCUT2D eigenvalue weighted by molar-refractivity contribution is 6.09. The Morgan fingerprint density at radius 3 is 2.58 bits per heavy atom. The zero-order valence-corrected chi connectivity index (χ0v) is 15.5. The Labute approximate surface area is 153 Å². The third-order valence-electron chi connectivity index (χ3n) is 5.07. The van der Waals surface area contributed by atoms with Crippen LogP contribution in [-0.4, -0.2) is 0 Å². The number of aromatic nitrogens is 1. The summed E-state index contributed by atoms with van der Waals surface area (Å²) < 4.78 is 8.17. The number of nitriles is 1. The molecule has 4 rings (SSSR count). The van der Waals surface area contributed by atoms with Crippen molar-refractivity contribution in [2.24, 2.45) is 7.05 Å². The summed E-state index contributed by atoms with van der Waals surface area (Å²) in [6.07, 6.45) is 1.99. The van der Waals surface area contributed by atoms with Crippen LogP contribution in [0.2, 0.25) is 0 Å². The minimum Gasteiger partial charge on any atom is -0.455 e. The fourth-order valence-electron chi connectivity index (χ4n) is 3.64. The molecule has 0 aliphatic carbocycles. The first-order chi connectivity index (χ1) is 12.5. The Hall–Kier alpha value is -3.12. The van der Waals surface area contributed by atoms with Gasteiger partial charge in [-0.1, -0.05) is 19.9 Å². The molecule has 0 bridgehead atoms. The van der Waals surface area contributed by atoms with E-state index in [1.165, 1.54) is 5.56 Å². The van der Waals surface area contributed by atoms with Crippen LogP contribution >= 0.6 is 0 Å². The molecule has 3 nitrogen and oxygen atoms in total. The fourth-order valence-corrected chi connectivity index (χ4v) is 3.64. The summed E-state index contributed by atoms with van der Waals surface area (Å²) in [5.74, 6) is 0.448. The largest absolute Gasteiger partial charge is 0.455 e. The van der Waals surface area contributed by atoms with Crippen molar-refractivity contribution in [1.82, 2.24) is 0 Å². The Balaban J connectivity index is 2.11. The Morgan fingerprint density at radius 1 is 1.08 bits per heavy atom. The molecule has 0 saturated heterocycles. The second-order valence-corrected chi connectivity index (χ2v) is 7.14. The SMILES string of the molecule is Cc1cc2c(oc3ccc(C(C)C)cc32)c(C#N)c1-c1cccc[n+]1C. The van der Waals surface area contributed by atoms with E-state index in [0.717, 1.165) is 33.2 Å². The van der Waals surface area contributed by atoms with Gasteiger partial charge in [0.1, 0.15) is 24.3 Å². The van der Waals surface area contributed by atoms with Gasteiger partial charge in [0.15, 0.2) is 11.8 Å². The number of rotatable bonds is 2. The molecule has 2 aromatic carbocycles. The van der Waals surface area contributed by atoms with Gasteiger partial charge in [0.2, 0.25) is 5.69 Å². The first-order valence-corrected chi connectivity index (χ1v) is 8.86. The number of aryl methyl sites for hydroxylation is 2. The van der Waals surface area contributed by atoms with E-state index < -0.39 is 0 Å². The summed E-state index contributed by atoms with van der Waals surface area (Å²) in [4.78, 5) is 0. The summed E-state index contributed by atoms with van der Waals surface area (Å²) in [6, 6.07) is 16.9. The molecule has 0 radical (unpaired) electrons. The number of hydrogen-bond acceptors (Lipinski definition) is 2. The molecule has 26 heavy (non-hydrogen) atoms. The number of furan rings is 1. The van der Waals surface area contributed by atoms with Gasteiger partial charge in [-0.15, -0.1) is 0 Å². The van der Waals surface area contributed by atoms with Crippen molar-refractivity contribution in [3.63, 3.8) is 0 Å². The topological polar surface area (TPSA) is 40.8 Å². The summed E-state index contributed by atoms with van der Waals surface area (Å²) in [7, 11) is 1.99. The number of pyridine rings is 1. The lowest BCUT2D eigenvalue weighted by molar-refractivity contribution is -0.660. The molecule has 4 aromatic rings. The molecule has 0 fully saturated rings. The standard InChI is InChI=1S/C23H21N2O/c1-14(2)16-8-9-21-17(12-16)18-11-15(3)22(19(13-24)23(18)26-21)20-7-5-6-10-25(20)4/h5-12,14H,1-4H3/q+1. The van der Waals surface area contributed by atoms with Crippen LogP contribution in [0.4, 0.5) is 0 Å². The first kappa shape index (κ1) is 16.4. The average molecular weight is 341 g/mol. The molecule has 0 spiro atoms. The highest BCUT2D eigenvalue weighted by atomic mass is 16.3. The maximum atomic E-state index is 9.94. The Morgan fingerprint density at radius 2 is 1.88 bits per heavy atom. The van der Waals surface area contributed by atoms with E-state index in [0.29, 0.717) is 17.1 Å². The Bertz CT molecular complexity index is 1190. The van der Waals surface area contributed by atoms with Gasteiger partial charge in [-0.25, -0.2) is 4.57 Å². The van der Waals surface area contributed by atoms with Gasteiger partial charge in [-0.05, 0) is 48.2 Å². The molecule has 2 heterocycles. The summed E-state index contributed by atoms with van der Waals surface area (Å²) >= 11 is 0. The van der Waals surface area contributed by atoms with Crippen LogP contribution in [0.3, 0.4) is 0 Å². The molecule has 0 saturated carbocycles. The molecular formula is C23H21N2O+. The maximum absolute atomic E-state index is 9.94. The molecule has 0 atom stereocenters. The number of hydrogen-bond donors (Lipinski definition) is 0. The van der Waals surface area contributed by atoms with Crippen molar-refractivity contribution in [2.75, 3.05) is 0 Å². The minimum atomic E-state index is 0.448. The smallest absolute Gasteiger partial charge is 0.214 e. The monoisotopic (exact) mass is 341 g/mol. The number of benzene rings is 2. The van der Waals surface area contributed by atoms with Crippen LogP contribution < -0.4 is 4.57 Å². The van der Waals surface area contributed by atoms with Crippen molar-refractivity contribution < 1.29 is 8.98 Å². The van der Waals surface area contributed by atoms with Crippen molar-refractivity contribution >= 4 is 21.9 Å². The van der Waals surface area contributed by atoms with Gasteiger partial charge in [-0.3, -0.25) is 0 Å². The van der Waals surface area contributed by atoms with Crippen LogP contribution in [0.5, 0.6) is 0 Å². The highest BCUT2D eigenvalue weighted by Crippen LogP contribution is 2.38. The lowest BCUT2D eigenvalue weighted by atomic mass is 9.94. The normalized spacial score (nSPS) is 11.4. The lowest BCUT2D eigenvalue weighted by Gasteiger charge is -2.07. The molecule has 0 N–H and O–H groups in total. The molecular weight excluding hydrogens is 320 g/mol. The predicted octanol–water partition coefficient (Wildman–Crippen LogP) is 5.38. The molecule has 0 amide bonds. The van der Waals surface area contributed by atoms with Gasteiger partial charge < -0.3 is 4.42 Å². The molecule has 128 valence electrons. The van der Waals surface area contributed by atoms with Crippen LogP contribution in [0.25, 0.3) is 33.2 Å². The summed E-state index contributed by atoms with van der Waals surface area (Å²) in [5.41, 5.74) is 6.40. The Kier molecular flexibility index (Phi) is 3.77. The van der Waals surface area contributed by atoms with E-state index in [1.54, 1.807) is 0 Å². The summed E-state index contributed by atoms with van der Waals surface area (Å²) in [5, 5.41) is 12.0. The third-order valence-corrected chi connectivity index (χ3v) is 5.07. The number of nitrogens with zero attached hydrogens (tertiary/aromatic N) is 2. The van der Waals surface area contributed by atoms with Crippen LogP contribution in [0, 0.1) is 18.3 Å². The molecule has 0 unspecified atom stereocenters. The van der Waals surface area contributed by atoms with Gasteiger partial charge in [0.05, 0.1) is 5.56 Å². The van der Waals surface area contributed by atoms with Crippen molar-refractivity contribution in [3.8, 4) is 17.3 Å². The van der Waals surface area contributed by atoms with E-state index >= 15 is 0 Å². The molecule has 3 heteroatoms.